The number of likely N-dealkylation sites (tertiary alicyclic amines) is 1. The largest absolute Gasteiger partial charge is 0.305 e. The van der Waals surface area contributed by atoms with Gasteiger partial charge in [-0.15, -0.1) is 0 Å². The SMILES string of the molecule is CC(Br)CN(C)CCC1CCCCN1C. The normalized spacial score (nSPS) is 25.8. The maximum atomic E-state index is 3.60. The second kappa shape index (κ2) is 6.87. The van der Waals surface area contributed by atoms with E-state index in [0.717, 1.165) is 12.6 Å². The molecule has 0 saturated carbocycles. The van der Waals surface area contributed by atoms with Crippen LogP contribution in [-0.2, 0) is 0 Å². The van der Waals surface area contributed by atoms with Crippen LogP contribution in [0.5, 0.6) is 0 Å². The molecule has 2 unspecified atom stereocenters. The van der Waals surface area contributed by atoms with Gasteiger partial charge in [0.2, 0.25) is 0 Å². The van der Waals surface area contributed by atoms with Gasteiger partial charge in [-0.1, -0.05) is 29.3 Å². The van der Waals surface area contributed by atoms with Crippen molar-refractivity contribution in [3.8, 4) is 0 Å². The van der Waals surface area contributed by atoms with E-state index in [1.807, 2.05) is 0 Å². The average Bonchev–Trinajstić information content (AvgIpc) is 2.15. The van der Waals surface area contributed by atoms with E-state index in [1.54, 1.807) is 0 Å². The van der Waals surface area contributed by atoms with E-state index >= 15 is 0 Å². The van der Waals surface area contributed by atoms with Crippen molar-refractivity contribution in [2.45, 2.75) is 43.5 Å². The van der Waals surface area contributed by atoms with Gasteiger partial charge < -0.3 is 9.80 Å². The number of alkyl halides is 1. The van der Waals surface area contributed by atoms with E-state index in [1.165, 1.54) is 38.8 Å². The molecule has 1 rings (SSSR count). The highest BCUT2D eigenvalue weighted by Gasteiger charge is 2.18. The van der Waals surface area contributed by atoms with Crippen LogP contribution in [0.2, 0.25) is 0 Å². The number of rotatable bonds is 5. The molecular weight excluding hydrogens is 252 g/mol. The summed E-state index contributed by atoms with van der Waals surface area (Å²) in [6, 6.07) is 0.826. The van der Waals surface area contributed by atoms with Gasteiger partial charge in [-0.2, -0.15) is 0 Å². The van der Waals surface area contributed by atoms with Crippen LogP contribution < -0.4 is 0 Å². The first-order chi connectivity index (χ1) is 7.09. The summed E-state index contributed by atoms with van der Waals surface area (Å²) >= 11 is 3.60. The molecule has 0 N–H and O–H groups in total. The Morgan fingerprint density at radius 1 is 1.47 bits per heavy atom. The highest BCUT2D eigenvalue weighted by Crippen LogP contribution is 2.17. The fourth-order valence-electron chi connectivity index (χ4n) is 2.40. The van der Waals surface area contributed by atoms with Gasteiger partial charge in [-0.05, 0) is 46.4 Å². The molecule has 0 bridgehead atoms. The van der Waals surface area contributed by atoms with Crippen LogP contribution >= 0.6 is 15.9 Å². The summed E-state index contributed by atoms with van der Waals surface area (Å²) in [7, 11) is 4.50. The molecule has 1 heterocycles. The van der Waals surface area contributed by atoms with Gasteiger partial charge >= 0.3 is 0 Å². The average molecular weight is 277 g/mol. The van der Waals surface area contributed by atoms with Gasteiger partial charge in [-0.25, -0.2) is 0 Å². The monoisotopic (exact) mass is 276 g/mol. The van der Waals surface area contributed by atoms with Crippen molar-refractivity contribution in [3.63, 3.8) is 0 Å². The highest BCUT2D eigenvalue weighted by atomic mass is 79.9. The maximum Gasteiger partial charge on any atom is 0.0244 e. The quantitative estimate of drug-likeness (QED) is 0.713. The third-order valence-electron chi connectivity index (χ3n) is 3.33. The molecule has 1 fully saturated rings. The Labute approximate surface area is 103 Å². The van der Waals surface area contributed by atoms with Gasteiger partial charge in [-0.3, -0.25) is 0 Å². The molecule has 1 aliphatic rings. The predicted molar refractivity (Wildman–Crippen MR) is 70.8 cm³/mol. The van der Waals surface area contributed by atoms with Gasteiger partial charge in [0, 0.05) is 17.4 Å². The molecule has 2 atom stereocenters. The summed E-state index contributed by atoms with van der Waals surface area (Å²) in [5.74, 6) is 0. The molecule has 3 heteroatoms. The molecule has 0 radical (unpaired) electrons. The van der Waals surface area contributed by atoms with Crippen LogP contribution in [0.1, 0.15) is 32.6 Å². The third kappa shape index (κ3) is 5.32. The molecular formula is C12H25BrN2. The second-order valence-electron chi connectivity index (χ2n) is 4.96. The standard InChI is InChI=1S/C12H25BrN2/c1-11(13)10-14(2)9-7-12-6-4-5-8-15(12)3/h11-12H,4-10H2,1-3H3. The van der Waals surface area contributed by atoms with Crippen LogP contribution in [0.4, 0.5) is 0 Å². The molecule has 15 heavy (non-hydrogen) atoms. The lowest BCUT2D eigenvalue weighted by atomic mass is 10.00. The minimum atomic E-state index is 0.603. The van der Waals surface area contributed by atoms with Crippen molar-refractivity contribution in [3.05, 3.63) is 0 Å². The fraction of sp³-hybridized carbons (Fsp3) is 1.00. The lowest BCUT2D eigenvalue weighted by Gasteiger charge is -2.33. The van der Waals surface area contributed by atoms with Crippen LogP contribution in [0.3, 0.4) is 0 Å². The lowest BCUT2D eigenvalue weighted by molar-refractivity contribution is 0.161. The summed E-state index contributed by atoms with van der Waals surface area (Å²) in [5, 5.41) is 0. The first-order valence-electron chi connectivity index (χ1n) is 6.12. The van der Waals surface area contributed by atoms with Crippen LogP contribution in [0.25, 0.3) is 0 Å². The molecule has 90 valence electrons. The van der Waals surface area contributed by atoms with Crippen molar-refractivity contribution >= 4 is 15.9 Å². The summed E-state index contributed by atoms with van der Waals surface area (Å²) < 4.78 is 0. The molecule has 0 aromatic heterocycles. The second-order valence-corrected chi connectivity index (χ2v) is 6.53. The summed E-state index contributed by atoms with van der Waals surface area (Å²) in [4.78, 5) is 5.57. The van der Waals surface area contributed by atoms with Crippen LogP contribution in [0.15, 0.2) is 0 Å². The van der Waals surface area contributed by atoms with E-state index in [-0.39, 0.29) is 0 Å². The Hall–Kier alpha value is 0.400. The highest BCUT2D eigenvalue weighted by molar-refractivity contribution is 9.09. The molecule has 1 aliphatic heterocycles. The molecule has 1 saturated heterocycles. The Kier molecular flexibility index (Phi) is 6.17. The molecule has 0 aromatic carbocycles. The Morgan fingerprint density at radius 2 is 2.20 bits per heavy atom. The Balaban J connectivity index is 2.17. The summed E-state index contributed by atoms with van der Waals surface area (Å²) in [5.41, 5.74) is 0. The Morgan fingerprint density at radius 3 is 2.80 bits per heavy atom. The predicted octanol–water partition coefficient (Wildman–Crippen LogP) is 2.58. The van der Waals surface area contributed by atoms with E-state index in [0.29, 0.717) is 4.83 Å². The summed E-state index contributed by atoms with van der Waals surface area (Å²) in [6.45, 7) is 5.88. The van der Waals surface area contributed by atoms with Crippen molar-refractivity contribution in [1.29, 1.82) is 0 Å². The van der Waals surface area contributed by atoms with E-state index in [2.05, 4.69) is 46.7 Å². The van der Waals surface area contributed by atoms with Crippen molar-refractivity contribution in [2.24, 2.45) is 0 Å². The van der Waals surface area contributed by atoms with E-state index < -0.39 is 0 Å². The minimum Gasteiger partial charge on any atom is -0.305 e. The van der Waals surface area contributed by atoms with Crippen molar-refractivity contribution in [1.82, 2.24) is 9.80 Å². The number of nitrogens with zero attached hydrogens (tertiary/aromatic N) is 2. The number of halogens is 1. The molecule has 0 spiro atoms. The first kappa shape index (κ1) is 13.5. The smallest absolute Gasteiger partial charge is 0.0244 e. The third-order valence-corrected chi connectivity index (χ3v) is 3.62. The van der Waals surface area contributed by atoms with Crippen LogP contribution in [-0.4, -0.2) is 54.4 Å². The summed E-state index contributed by atoms with van der Waals surface area (Å²) in [6.07, 6.45) is 5.54. The zero-order valence-electron chi connectivity index (χ0n) is 10.4. The zero-order valence-corrected chi connectivity index (χ0v) is 12.0. The van der Waals surface area contributed by atoms with E-state index in [9.17, 15) is 0 Å². The van der Waals surface area contributed by atoms with Gasteiger partial charge in [0.15, 0.2) is 0 Å². The Bertz CT molecular complexity index is 173. The first-order valence-corrected chi connectivity index (χ1v) is 7.04. The van der Waals surface area contributed by atoms with Gasteiger partial charge in [0.1, 0.15) is 0 Å². The molecule has 0 aromatic rings. The molecule has 0 aliphatic carbocycles. The number of piperidine rings is 1. The maximum absolute atomic E-state index is 3.60. The number of hydrogen-bond acceptors (Lipinski definition) is 2. The molecule has 0 amide bonds. The zero-order chi connectivity index (χ0) is 11.3. The van der Waals surface area contributed by atoms with Gasteiger partial charge in [0.25, 0.3) is 0 Å². The molecule has 2 nitrogen and oxygen atoms in total. The van der Waals surface area contributed by atoms with Crippen molar-refractivity contribution in [2.75, 3.05) is 33.7 Å². The topological polar surface area (TPSA) is 6.48 Å². The van der Waals surface area contributed by atoms with Gasteiger partial charge in [0.05, 0.1) is 0 Å². The van der Waals surface area contributed by atoms with Crippen LogP contribution in [0, 0.1) is 0 Å². The number of hydrogen-bond donors (Lipinski definition) is 0. The minimum absolute atomic E-state index is 0.603. The van der Waals surface area contributed by atoms with E-state index in [4.69, 9.17) is 0 Å². The lowest BCUT2D eigenvalue weighted by Crippen LogP contribution is -2.39. The van der Waals surface area contributed by atoms with Crippen molar-refractivity contribution < 1.29 is 0 Å². The fourth-order valence-corrected chi connectivity index (χ4v) is 2.89.